The first kappa shape index (κ1) is 30.6. The molecule has 0 saturated heterocycles. The molecule has 250 valence electrons. The average molecular weight is 683 g/mol. The zero-order valence-corrected chi connectivity index (χ0v) is 29.6. The van der Waals surface area contributed by atoms with Gasteiger partial charge >= 0.3 is 0 Å². The SMILES string of the molecule is c1ccc(-c2cccc(-c3c4ccccc4c(-c4cccc5ccccc45)c4cc(-c5cccc6c5ccc5cc7ccccc7cc56)ccc34)c2)cc1. The van der Waals surface area contributed by atoms with E-state index in [0.717, 1.165) is 0 Å². The Morgan fingerprint density at radius 3 is 1.61 bits per heavy atom. The molecule has 0 radical (unpaired) electrons. The van der Waals surface area contributed by atoms with Crippen LogP contribution < -0.4 is 0 Å². The van der Waals surface area contributed by atoms with Crippen LogP contribution in [0.1, 0.15) is 0 Å². The molecule has 0 saturated carbocycles. The van der Waals surface area contributed by atoms with E-state index in [1.54, 1.807) is 0 Å². The van der Waals surface area contributed by atoms with Crippen molar-refractivity contribution in [2.45, 2.75) is 0 Å². The first-order valence-corrected chi connectivity index (χ1v) is 18.8. The van der Waals surface area contributed by atoms with Gasteiger partial charge in [0.15, 0.2) is 0 Å². The fourth-order valence-corrected chi connectivity index (χ4v) is 8.91. The number of rotatable bonds is 4. The molecule has 0 heterocycles. The maximum atomic E-state index is 2.46. The summed E-state index contributed by atoms with van der Waals surface area (Å²) in [6.07, 6.45) is 0. The molecule has 11 rings (SSSR count). The van der Waals surface area contributed by atoms with E-state index in [9.17, 15) is 0 Å². The summed E-state index contributed by atoms with van der Waals surface area (Å²) in [5.74, 6) is 0. The number of hydrogen-bond acceptors (Lipinski definition) is 0. The minimum atomic E-state index is 1.22. The van der Waals surface area contributed by atoms with Gasteiger partial charge < -0.3 is 0 Å². The predicted molar refractivity (Wildman–Crippen MR) is 233 cm³/mol. The van der Waals surface area contributed by atoms with Crippen LogP contribution >= 0.6 is 0 Å². The third-order valence-electron chi connectivity index (χ3n) is 11.4. The molecule has 0 heteroatoms. The molecule has 0 aliphatic heterocycles. The van der Waals surface area contributed by atoms with E-state index in [1.165, 1.54) is 109 Å². The molecule has 0 fully saturated rings. The van der Waals surface area contributed by atoms with Crippen molar-refractivity contribution in [1.82, 2.24) is 0 Å². The molecule has 0 spiro atoms. The summed E-state index contributed by atoms with van der Waals surface area (Å²) in [6, 6.07) is 76.2. The number of benzene rings is 11. The molecular weight excluding hydrogens is 649 g/mol. The highest BCUT2D eigenvalue weighted by Gasteiger charge is 2.20. The first-order chi connectivity index (χ1) is 26.8. The van der Waals surface area contributed by atoms with E-state index in [0.29, 0.717) is 0 Å². The molecule has 0 unspecified atom stereocenters. The molecule has 0 aliphatic carbocycles. The predicted octanol–water partition coefficient (Wildman–Crippen LogP) is 15.3. The fourth-order valence-electron chi connectivity index (χ4n) is 8.91. The van der Waals surface area contributed by atoms with Crippen molar-refractivity contribution in [2.75, 3.05) is 0 Å². The van der Waals surface area contributed by atoms with Crippen LogP contribution in [0.5, 0.6) is 0 Å². The highest BCUT2D eigenvalue weighted by molar-refractivity contribution is 6.24. The Morgan fingerprint density at radius 1 is 0.185 bits per heavy atom. The van der Waals surface area contributed by atoms with Crippen LogP contribution in [0.4, 0.5) is 0 Å². The van der Waals surface area contributed by atoms with Gasteiger partial charge in [-0.3, -0.25) is 0 Å². The molecule has 0 atom stereocenters. The van der Waals surface area contributed by atoms with Crippen LogP contribution in [-0.4, -0.2) is 0 Å². The Hall–Kier alpha value is -7.02. The Morgan fingerprint density at radius 2 is 0.759 bits per heavy atom. The summed E-state index contributed by atoms with van der Waals surface area (Å²) in [7, 11) is 0. The second-order valence-corrected chi connectivity index (χ2v) is 14.4. The molecule has 0 aliphatic rings. The second kappa shape index (κ2) is 12.3. The molecule has 0 N–H and O–H groups in total. The van der Waals surface area contributed by atoms with Crippen molar-refractivity contribution < 1.29 is 0 Å². The molecule has 11 aromatic rings. The lowest BCUT2D eigenvalue weighted by Crippen LogP contribution is -1.93. The maximum absolute atomic E-state index is 2.46. The van der Waals surface area contributed by atoms with E-state index >= 15 is 0 Å². The monoisotopic (exact) mass is 682 g/mol. The van der Waals surface area contributed by atoms with Gasteiger partial charge in [-0.15, -0.1) is 0 Å². The summed E-state index contributed by atoms with van der Waals surface area (Å²) >= 11 is 0. The summed E-state index contributed by atoms with van der Waals surface area (Å²) in [5, 5.41) is 15.2. The summed E-state index contributed by atoms with van der Waals surface area (Å²) < 4.78 is 0. The van der Waals surface area contributed by atoms with Crippen molar-refractivity contribution in [3.05, 3.63) is 206 Å². The average Bonchev–Trinajstić information content (AvgIpc) is 3.24. The van der Waals surface area contributed by atoms with Gasteiger partial charge in [-0.05, 0) is 133 Å². The van der Waals surface area contributed by atoms with Gasteiger partial charge in [-0.1, -0.05) is 182 Å². The molecular formula is C54H34. The lowest BCUT2D eigenvalue weighted by molar-refractivity contribution is 1.61. The molecule has 11 aromatic carbocycles. The van der Waals surface area contributed by atoms with Crippen molar-refractivity contribution in [2.24, 2.45) is 0 Å². The Kier molecular flexibility index (Phi) is 6.97. The van der Waals surface area contributed by atoms with Crippen molar-refractivity contribution in [1.29, 1.82) is 0 Å². The van der Waals surface area contributed by atoms with Crippen LogP contribution in [0, 0.1) is 0 Å². The molecule has 0 nitrogen and oxygen atoms in total. The van der Waals surface area contributed by atoms with Gasteiger partial charge in [-0.2, -0.15) is 0 Å². The topological polar surface area (TPSA) is 0 Å². The summed E-state index contributed by atoms with van der Waals surface area (Å²) in [6.45, 7) is 0. The van der Waals surface area contributed by atoms with Gasteiger partial charge in [0.2, 0.25) is 0 Å². The zero-order valence-electron chi connectivity index (χ0n) is 29.6. The zero-order chi connectivity index (χ0) is 35.6. The van der Waals surface area contributed by atoms with Gasteiger partial charge in [0.1, 0.15) is 0 Å². The second-order valence-electron chi connectivity index (χ2n) is 14.4. The third kappa shape index (κ3) is 4.85. The van der Waals surface area contributed by atoms with E-state index < -0.39 is 0 Å². The lowest BCUT2D eigenvalue weighted by atomic mass is 9.83. The largest absolute Gasteiger partial charge is 0.0622 e. The van der Waals surface area contributed by atoms with Gasteiger partial charge in [-0.25, -0.2) is 0 Å². The van der Waals surface area contributed by atoms with Crippen molar-refractivity contribution in [3.63, 3.8) is 0 Å². The fraction of sp³-hybridized carbons (Fsp3) is 0. The van der Waals surface area contributed by atoms with E-state index in [1.807, 2.05) is 0 Å². The standard InChI is InChI=1S/C54H34/c1-2-13-35(14-3-1)37-19-10-20-42(32-37)53-48-22-8-9-23-49(48)54(47-26-11-18-36-15-6-7-21-43(36)47)52-34-41(28-30-50(52)53)44-24-12-25-45-46(44)29-27-40-31-38-16-4-5-17-39(38)33-51(40)45/h1-34H. The number of hydrogen-bond donors (Lipinski definition) is 0. The molecule has 0 bridgehead atoms. The highest BCUT2D eigenvalue weighted by atomic mass is 14.2. The van der Waals surface area contributed by atoms with Crippen LogP contribution in [0.15, 0.2) is 206 Å². The highest BCUT2D eigenvalue weighted by Crippen LogP contribution is 2.47. The minimum Gasteiger partial charge on any atom is -0.0622 e. The Balaban J connectivity index is 1.23. The van der Waals surface area contributed by atoms with Gasteiger partial charge in [0.25, 0.3) is 0 Å². The van der Waals surface area contributed by atoms with Crippen molar-refractivity contribution >= 4 is 64.6 Å². The van der Waals surface area contributed by atoms with Gasteiger partial charge in [0.05, 0.1) is 0 Å². The van der Waals surface area contributed by atoms with Crippen LogP contribution in [0.25, 0.3) is 109 Å². The Bertz CT molecular complexity index is 3250. The normalized spacial score (nSPS) is 11.7. The Labute approximate surface area is 314 Å². The van der Waals surface area contributed by atoms with Crippen molar-refractivity contribution in [3.8, 4) is 44.5 Å². The summed E-state index contributed by atoms with van der Waals surface area (Å²) in [5.41, 5.74) is 9.92. The molecule has 54 heavy (non-hydrogen) atoms. The van der Waals surface area contributed by atoms with E-state index in [-0.39, 0.29) is 0 Å². The molecule has 0 aromatic heterocycles. The van der Waals surface area contributed by atoms with Crippen LogP contribution in [0.3, 0.4) is 0 Å². The van der Waals surface area contributed by atoms with E-state index in [2.05, 4.69) is 206 Å². The summed E-state index contributed by atoms with van der Waals surface area (Å²) in [4.78, 5) is 0. The van der Waals surface area contributed by atoms with E-state index in [4.69, 9.17) is 0 Å². The minimum absolute atomic E-state index is 1.22. The third-order valence-corrected chi connectivity index (χ3v) is 11.4. The van der Waals surface area contributed by atoms with Crippen LogP contribution in [-0.2, 0) is 0 Å². The lowest BCUT2D eigenvalue weighted by Gasteiger charge is -2.20. The maximum Gasteiger partial charge on any atom is -0.00199 e. The molecule has 0 amide bonds. The van der Waals surface area contributed by atoms with Gasteiger partial charge in [0, 0.05) is 0 Å². The number of fused-ring (bicyclic) bond motifs is 7. The smallest absolute Gasteiger partial charge is 0.00199 e. The first-order valence-electron chi connectivity index (χ1n) is 18.8. The van der Waals surface area contributed by atoms with Crippen LogP contribution in [0.2, 0.25) is 0 Å². The quantitative estimate of drug-likeness (QED) is 0.128.